The topological polar surface area (TPSA) is 234 Å². The number of aliphatic carboxylic acids is 3. The third-order valence-electron chi connectivity index (χ3n) is 6.99. The Bertz CT molecular complexity index is 1530. The lowest BCUT2D eigenvalue weighted by molar-refractivity contribution is -0.193. The zero-order chi connectivity index (χ0) is 39.6. The van der Waals surface area contributed by atoms with Crippen LogP contribution in [0.1, 0.15) is 60.0 Å². The van der Waals surface area contributed by atoms with Crippen LogP contribution in [-0.4, -0.2) is 94.4 Å². The smallest absolute Gasteiger partial charge is 0.481 e. The quantitative estimate of drug-likeness (QED) is 0.120. The van der Waals surface area contributed by atoms with E-state index in [1.165, 1.54) is 9.80 Å². The van der Waals surface area contributed by atoms with Gasteiger partial charge in [-0.05, 0) is 55.1 Å². The lowest BCUT2D eigenvalue weighted by atomic mass is 10.0. The molecule has 8 N–H and O–H groups in total. The first kappa shape index (κ1) is 44.8. The molecule has 20 heteroatoms. The Labute approximate surface area is 293 Å². The van der Waals surface area contributed by atoms with Gasteiger partial charge in [0.1, 0.15) is 6.54 Å². The second-order valence-corrected chi connectivity index (χ2v) is 11.0. The van der Waals surface area contributed by atoms with Gasteiger partial charge in [0.05, 0.1) is 24.2 Å². The van der Waals surface area contributed by atoms with Gasteiger partial charge < -0.3 is 41.9 Å². The largest absolute Gasteiger partial charge is 0.490 e. The van der Waals surface area contributed by atoms with Crippen molar-refractivity contribution >= 4 is 47.0 Å². The van der Waals surface area contributed by atoms with Crippen molar-refractivity contribution in [1.82, 2.24) is 4.90 Å². The molecular weight excluding hydrogens is 712 g/mol. The number of aryl methyl sites for hydroxylation is 1. The lowest BCUT2D eigenvalue weighted by Crippen LogP contribution is -2.40. The van der Waals surface area contributed by atoms with Gasteiger partial charge in [-0.15, -0.1) is 0 Å². The SMILES string of the molecule is NCCCCCCc1ccc2c(c1)C(=O)N(CCC(=O)O)CC(=O)N2Cc1ccccc1NC(=O)CCN.O=C(O)C(F)(F)F.O=C(O)C(F)(F)F. The number of hydrogen-bond donors (Lipinski definition) is 6. The number of carbonyl (C=O) groups excluding carboxylic acids is 3. The number of nitrogens with one attached hydrogen (secondary N) is 1. The predicted molar refractivity (Wildman–Crippen MR) is 173 cm³/mol. The van der Waals surface area contributed by atoms with Gasteiger partial charge in [-0.2, -0.15) is 26.3 Å². The summed E-state index contributed by atoms with van der Waals surface area (Å²) in [5, 5.41) is 26.3. The molecule has 3 rings (SSSR count). The van der Waals surface area contributed by atoms with E-state index in [2.05, 4.69) is 5.32 Å². The van der Waals surface area contributed by atoms with Gasteiger partial charge >= 0.3 is 30.3 Å². The number of unbranched alkanes of at least 4 members (excludes halogenated alkanes) is 3. The molecule has 288 valence electrons. The minimum atomic E-state index is -5.08. The molecule has 0 bridgehead atoms. The third-order valence-corrected chi connectivity index (χ3v) is 6.99. The fourth-order valence-electron chi connectivity index (χ4n) is 4.48. The van der Waals surface area contributed by atoms with Gasteiger partial charge in [0.2, 0.25) is 11.8 Å². The summed E-state index contributed by atoms with van der Waals surface area (Å²) in [4.78, 5) is 71.0. The van der Waals surface area contributed by atoms with Gasteiger partial charge in [-0.25, -0.2) is 9.59 Å². The summed E-state index contributed by atoms with van der Waals surface area (Å²) >= 11 is 0. The Kier molecular flexibility index (Phi) is 18.3. The average molecular weight is 752 g/mol. The van der Waals surface area contributed by atoms with Gasteiger partial charge in [-0.3, -0.25) is 19.2 Å². The first-order valence-corrected chi connectivity index (χ1v) is 15.5. The average Bonchev–Trinajstić information content (AvgIpc) is 3.14. The molecule has 0 radical (unpaired) electrons. The number of nitrogens with two attached hydrogens (primary N) is 2. The van der Waals surface area contributed by atoms with Crippen molar-refractivity contribution in [3.63, 3.8) is 0 Å². The molecule has 1 aliphatic rings. The number of hydrogen-bond acceptors (Lipinski definition) is 8. The van der Waals surface area contributed by atoms with Crippen LogP contribution in [0.25, 0.3) is 0 Å². The van der Waals surface area contributed by atoms with Gasteiger partial charge in [0.25, 0.3) is 5.91 Å². The molecule has 0 aliphatic carbocycles. The zero-order valence-corrected chi connectivity index (χ0v) is 27.6. The van der Waals surface area contributed by atoms with E-state index in [1.807, 2.05) is 24.3 Å². The van der Waals surface area contributed by atoms with Crippen LogP contribution in [0.4, 0.5) is 37.7 Å². The van der Waals surface area contributed by atoms with Crippen LogP contribution in [0.15, 0.2) is 42.5 Å². The number of para-hydroxylation sites is 1. The Hall–Kier alpha value is -5.24. The Morgan fingerprint density at radius 2 is 1.37 bits per heavy atom. The molecule has 52 heavy (non-hydrogen) atoms. The van der Waals surface area contributed by atoms with Crippen molar-refractivity contribution in [3.05, 3.63) is 59.2 Å². The molecule has 0 saturated heterocycles. The van der Waals surface area contributed by atoms with E-state index in [-0.39, 0.29) is 56.7 Å². The lowest BCUT2D eigenvalue weighted by Gasteiger charge is -2.24. The van der Waals surface area contributed by atoms with E-state index in [0.29, 0.717) is 29.0 Å². The highest BCUT2D eigenvalue weighted by molar-refractivity contribution is 6.10. The maximum Gasteiger partial charge on any atom is 0.490 e. The molecular formula is C32H39F6N5O9. The molecule has 0 fully saturated rings. The van der Waals surface area contributed by atoms with E-state index in [1.54, 1.807) is 18.2 Å². The Balaban J connectivity index is 0.000000812. The molecule has 3 amide bonds. The number of carbonyl (C=O) groups is 6. The minimum absolute atomic E-state index is 0.0672. The van der Waals surface area contributed by atoms with Crippen LogP contribution in [-0.2, 0) is 36.9 Å². The summed E-state index contributed by atoms with van der Waals surface area (Å²) in [6.07, 6.45) is -5.46. The minimum Gasteiger partial charge on any atom is -0.481 e. The molecule has 0 saturated carbocycles. The van der Waals surface area contributed by atoms with Gasteiger partial charge in [0.15, 0.2) is 0 Å². The normalized spacial score (nSPS) is 12.8. The van der Waals surface area contributed by atoms with Crippen molar-refractivity contribution in [3.8, 4) is 0 Å². The highest BCUT2D eigenvalue weighted by Crippen LogP contribution is 2.31. The second-order valence-electron chi connectivity index (χ2n) is 11.0. The van der Waals surface area contributed by atoms with Crippen LogP contribution < -0.4 is 21.7 Å². The molecule has 1 aliphatic heterocycles. The number of alkyl halides is 6. The maximum atomic E-state index is 13.5. The van der Waals surface area contributed by atoms with Crippen LogP contribution >= 0.6 is 0 Å². The summed E-state index contributed by atoms with van der Waals surface area (Å²) in [5.41, 5.74) is 14.1. The van der Waals surface area contributed by atoms with Crippen LogP contribution in [0.2, 0.25) is 0 Å². The van der Waals surface area contributed by atoms with Crippen molar-refractivity contribution in [2.45, 2.75) is 63.8 Å². The molecule has 14 nitrogen and oxygen atoms in total. The first-order chi connectivity index (χ1) is 24.2. The maximum absolute atomic E-state index is 13.5. The number of halogens is 6. The molecule has 0 atom stereocenters. The van der Waals surface area contributed by atoms with Crippen LogP contribution in [0.3, 0.4) is 0 Å². The molecule has 1 heterocycles. The van der Waals surface area contributed by atoms with Crippen LogP contribution in [0, 0.1) is 0 Å². The number of rotatable bonds is 14. The van der Waals surface area contributed by atoms with E-state index in [0.717, 1.165) is 37.7 Å². The molecule has 2 aromatic rings. The van der Waals surface area contributed by atoms with E-state index >= 15 is 0 Å². The number of carboxylic acids is 3. The molecule has 0 unspecified atom stereocenters. The monoisotopic (exact) mass is 751 g/mol. The van der Waals surface area contributed by atoms with Crippen molar-refractivity contribution in [1.29, 1.82) is 0 Å². The number of benzene rings is 2. The fraction of sp³-hybridized carbons (Fsp3) is 0.438. The molecule has 0 aromatic heterocycles. The first-order valence-electron chi connectivity index (χ1n) is 15.5. The van der Waals surface area contributed by atoms with E-state index in [4.69, 9.17) is 36.4 Å². The van der Waals surface area contributed by atoms with Gasteiger partial charge in [-0.1, -0.05) is 37.1 Å². The van der Waals surface area contributed by atoms with Crippen molar-refractivity contribution in [2.24, 2.45) is 11.5 Å². The van der Waals surface area contributed by atoms with E-state index < -0.39 is 30.3 Å². The number of nitrogens with zero attached hydrogens (tertiary/aromatic N) is 2. The van der Waals surface area contributed by atoms with Crippen molar-refractivity contribution < 1.29 is 70.4 Å². The standard InChI is InChI=1S/C28H37N5O5.2C2HF3O2/c29-14-6-2-1-3-7-20-10-11-24-22(17-20)28(38)32(16-13-27(36)37)19-26(35)33(24)18-21-8-4-5-9-23(21)31-25(34)12-15-30;2*3-2(4,5)1(6)7/h4-5,8-11,17H,1-3,6-7,12-16,18-19,29-30H2,(H,31,34)(H,36,37);2*(H,6,7). The molecule has 0 spiro atoms. The highest BCUT2D eigenvalue weighted by Gasteiger charge is 2.39. The number of carboxylic acid groups (broad SMARTS) is 3. The van der Waals surface area contributed by atoms with Crippen molar-refractivity contribution in [2.75, 3.05) is 36.4 Å². The highest BCUT2D eigenvalue weighted by atomic mass is 19.4. The number of fused-ring (bicyclic) bond motifs is 1. The third kappa shape index (κ3) is 15.8. The summed E-state index contributed by atoms with van der Waals surface area (Å²) in [7, 11) is 0. The second kappa shape index (κ2) is 21.2. The van der Waals surface area contributed by atoms with Crippen LogP contribution in [0.5, 0.6) is 0 Å². The predicted octanol–water partition coefficient (Wildman–Crippen LogP) is 3.77. The molecule has 2 aromatic carbocycles. The van der Waals surface area contributed by atoms with Gasteiger partial charge in [0, 0.05) is 25.2 Å². The Morgan fingerprint density at radius 1 is 0.788 bits per heavy atom. The fourth-order valence-corrected chi connectivity index (χ4v) is 4.48. The summed E-state index contributed by atoms with van der Waals surface area (Å²) in [6, 6.07) is 12.7. The van der Waals surface area contributed by atoms with E-state index in [9.17, 15) is 45.5 Å². The zero-order valence-electron chi connectivity index (χ0n) is 27.6. The summed E-state index contributed by atoms with van der Waals surface area (Å²) in [6.45, 7) is 0.710. The summed E-state index contributed by atoms with van der Waals surface area (Å²) in [5.74, 6) is -7.49. The number of anilines is 2. The number of amides is 3. The Morgan fingerprint density at radius 3 is 1.90 bits per heavy atom. The summed E-state index contributed by atoms with van der Waals surface area (Å²) < 4.78 is 63.5.